The van der Waals surface area contributed by atoms with Gasteiger partial charge in [-0.15, -0.1) is 11.3 Å². The first kappa shape index (κ1) is 20.7. The van der Waals surface area contributed by atoms with Gasteiger partial charge in [0.15, 0.2) is 5.76 Å². The Hall–Kier alpha value is -2.57. The number of hydrogen-bond donors (Lipinski definition) is 1. The van der Waals surface area contributed by atoms with E-state index in [4.69, 9.17) is 9.15 Å². The monoisotopic (exact) mass is 424 g/mol. The number of thiophene rings is 1. The number of furan rings is 1. The molecule has 3 heterocycles. The van der Waals surface area contributed by atoms with Crippen molar-refractivity contribution in [3.8, 4) is 16.9 Å². The molecule has 0 radical (unpaired) electrons. The maximum Gasteiger partial charge on any atom is 0.287 e. The molecule has 5 nitrogen and oxygen atoms in total. The molecule has 6 heteroatoms. The number of rotatable bonds is 7. The first-order valence-electron chi connectivity index (χ1n) is 10.4. The Kier molecular flexibility index (Phi) is 6.55. The van der Waals surface area contributed by atoms with Crippen LogP contribution < -0.4 is 10.1 Å². The van der Waals surface area contributed by atoms with Crippen LogP contribution in [0.15, 0.2) is 58.5 Å². The van der Waals surface area contributed by atoms with Crippen LogP contribution in [0.1, 0.15) is 28.8 Å². The highest BCUT2D eigenvalue weighted by Gasteiger charge is 2.29. The van der Waals surface area contributed by atoms with E-state index >= 15 is 0 Å². The number of ether oxygens (including phenoxy) is 1. The van der Waals surface area contributed by atoms with Gasteiger partial charge in [0.25, 0.3) is 5.91 Å². The summed E-state index contributed by atoms with van der Waals surface area (Å²) in [5.41, 5.74) is 1.61. The van der Waals surface area contributed by atoms with Crippen LogP contribution in [-0.2, 0) is 6.42 Å². The second-order valence-electron chi connectivity index (χ2n) is 7.84. The molecule has 1 aliphatic heterocycles. The molecule has 0 bridgehead atoms. The van der Waals surface area contributed by atoms with Crippen molar-refractivity contribution in [2.45, 2.75) is 25.8 Å². The van der Waals surface area contributed by atoms with E-state index < -0.39 is 0 Å². The van der Waals surface area contributed by atoms with Crippen molar-refractivity contribution in [3.63, 3.8) is 0 Å². The highest BCUT2D eigenvalue weighted by atomic mass is 32.1. The molecule has 4 rings (SSSR count). The van der Waals surface area contributed by atoms with Gasteiger partial charge in [-0.05, 0) is 42.3 Å². The Morgan fingerprint density at radius 2 is 2.10 bits per heavy atom. The van der Waals surface area contributed by atoms with E-state index in [2.05, 4.69) is 34.7 Å². The fourth-order valence-corrected chi connectivity index (χ4v) is 4.87. The fourth-order valence-electron chi connectivity index (χ4n) is 4.17. The van der Waals surface area contributed by atoms with E-state index in [-0.39, 0.29) is 11.9 Å². The van der Waals surface area contributed by atoms with Crippen LogP contribution in [0.5, 0.6) is 5.75 Å². The van der Waals surface area contributed by atoms with Gasteiger partial charge >= 0.3 is 0 Å². The molecule has 1 saturated heterocycles. The van der Waals surface area contributed by atoms with Crippen LogP contribution in [0.25, 0.3) is 11.1 Å². The van der Waals surface area contributed by atoms with Crippen LogP contribution in [0.2, 0.25) is 0 Å². The molecule has 3 aromatic rings. The van der Waals surface area contributed by atoms with Gasteiger partial charge in [0.2, 0.25) is 0 Å². The summed E-state index contributed by atoms with van der Waals surface area (Å²) in [5, 5.41) is 5.34. The molecule has 1 aliphatic rings. The van der Waals surface area contributed by atoms with E-state index in [9.17, 15) is 4.79 Å². The largest absolute Gasteiger partial charge is 0.496 e. The number of nitrogens with zero attached hydrogens (tertiary/aromatic N) is 1. The number of methoxy groups -OCH3 is 1. The average molecular weight is 425 g/mol. The van der Waals surface area contributed by atoms with Crippen molar-refractivity contribution >= 4 is 17.2 Å². The SMILES string of the molecule is COc1ccccc1-c1ccoc1C(=O)NC1CCN(CCc2cccs2)CC1C. The normalized spacial score (nSPS) is 19.5. The van der Waals surface area contributed by atoms with Crippen molar-refractivity contribution in [1.82, 2.24) is 10.2 Å². The van der Waals surface area contributed by atoms with E-state index in [1.54, 1.807) is 13.4 Å². The molecule has 2 unspecified atom stereocenters. The summed E-state index contributed by atoms with van der Waals surface area (Å²) in [6.07, 6.45) is 3.60. The van der Waals surface area contributed by atoms with Gasteiger partial charge in [0.05, 0.1) is 13.4 Å². The molecule has 0 aliphatic carbocycles. The predicted molar refractivity (Wildman–Crippen MR) is 120 cm³/mol. The third-order valence-electron chi connectivity index (χ3n) is 5.83. The zero-order valence-corrected chi connectivity index (χ0v) is 18.3. The molecule has 1 fully saturated rings. The zero-order chi connectivity index (χ0) is 20.9. The third-order valence-corrected chi connectivity index (χ3v) is 6.77. The second kappa shape index (κ2) is 9.49. The number of piperidine rings is 1. The smallest absolute Gasteiger partial charge is 0.287 e. The van der Waals surface area contributed by atoms with Crippen molar-refractivity contribution in [1.29, 1.82) is 0 Å². The number of carbonyl (C=O) groups excluding carboxylic acids is 1. The Labute approximate surface area is 181 Å². The number of para-hydroxylation sites is 1. The molecule has 1 amide bonds. The maximum absolute atomic E-state index is 13.0. The lowest BCUT2D eigenvalue weighted by molar-refractivity contribution is 0.0842. The summed E-state index contributed by atoms with van der Waals surface area (Å²) >= 11 is 1.82. The zero-order valence-electron chi connectivity index (χ0n) is 17.5. The molecule has 2 atom stereocenters. The van der Waals surface area contributed by atoms with Crippen LogP contribution in [-0.4, -0.2) is 43.6 Å². The topological polar surface area (TPSA) is 54.7 Å². The van der Waals surface area contributed by atoms with Crippen molar-refractivity contribution in [3.05, 3.63) is 64.7 Å². The molecule has 0 spiro atoms. The van der Waals surface area contributed by atoms with Crippen molar-refractivity contribution in [2.24, 2.45) is 5.92 Å². The Bertz CT molecular complexity index is 967. The highest BCUT2D eigenvalue weighted by Crippen LogP contribution is 2.33. The van der Waals surface area contributed by atoms with Crippen molar-refractivity contribution in [2.75, 3.05) is 26.7 Å². The van der Waals surface area contributed by atoms with Crippen LogP contribution in [0.4, 0.5) is 0 Å². The van der Waals surface area contributed by atoms with Gasteiger partial charge in [-0.1, -0.05) is 31.2 Å². The molecule has 30 heavy (non-hydrogen) atoms. The first-order chi connectivity index (χ1) is 14.7. The van der Waals surface area contributed by atoms with Gasteiger partial charge in [-0.3, -0.25) is 4.79 Å². The van der Waals surface area contributed by atoms with Crippen LogP contribution in [0.3, 0.4) is 0 Å². The van der Waals surface area contributed by atoms with Gasteiger partial charge in [0.1, 0.15) is 5.75 Å². The molecule has 0 saturated carbocycles. The quantitative estimate of drug-likeness (QED) is 0.597. The molecule has 1 aromatic carbocycles. The van der Waals surface area contributed by atoms with Crippen molar-refractivity contribution < 1.29 is 13.9 Å². The number of nitrogens with one attached hydrogen (secondary N) is 1. The van der Waals surface area contributed by atoms with Crippen LogP contribution >= 0.6 is 11.3 Å². The lowest BCUT2D eigenvalue weighted by atomic mass is 9.93. The molecular weight excluding hydrogens is 396 g/mol. The second-order valence-corrected chi connectivity index (χ2v) is 8.87. The summed E-state index contributed by atoms with van der Waals surface area (Å²) < 4.78 is 11.0. The van der Waals surface area contributed by atoms with E-state index in [1.165, 1.54) is 4.88 Å². The number of benzene rings is 1. The number of carbonyl (C=O) groups is 1. The highest BCUT2D eigenvalue weighted by molar-refractivity contribution is 7.09. The number of likely N-dealkylation sites (tertiary alicyclic amines) is 1. The summed E-state index contributed by atoms with van der Waals surface area (Å²) in [5.74, 6) is 1.28. The minimum Gasteiger partial charge on any atom is -0.496 e. The lowest BCUT2D eigenvalue weighted by Gasteiger charge is -2.37. The predicted octanol–water partition coefficient (Wildman–Crippen LogP) is 4.70. The number of hydrogen-bond acceptors (Lipinski definition) is 5. The van der Waals surface area contributed by atoms with Crippen LogP contribution in [0, 0.1) is 5.92 Å². The van der Waals surface area contributed by atoms with E-state index in [0.717, 1.165) is 49.4 Å². The van der Waals surface area contributed by atoms with Gasteiger partial charge in [0, 0.05) is 41.7 Å². The molecule has 158 valence electrons. The van der Waals surface area contributed by atoms with Gasteiger partial charge in [-0.2, -0.15) is 0 Å². The third kappa shape index (κ3) is 4.60. The summed E-state index contributed by atoms with van der Waals surface area (Å²) in [4.78, 5) is 16.9. The molecule has 1 N–H and O–H groups in total. The lowest BCUT2D eigenvalue weighted by Crippen LogP contribution is -2.50. The van der Waals surface area contributed by atoms with Gasteiger partial charge in [-0.25, -0.2) is 0 Å². The van der Waals surface area contributed by atoms with E-state index in [0.29, 0.717) is 11.7 Å². The summed E-state index contributed by atoms with van der Waals surface area (Å²) in [6.45, 7) is 5.28. The first-order valence-corrected chi connectivity index (χ1v) is 11.3. The minimum absolute atomic E-state index is 0.145. The Balaban J connectivity index is 1.38. The standard InChI is InChI=1S/C24H28N2O3S/c1-17-16-26(12-9-18-6-5-15-30-18)13-10-21(17)25-24(27)23-20(11-14-29-23)19-7-3-4-8-22(19)28-2/h3-8,11,14-15,17,21H,9-10,12-13,16H2,1-2H3,(H,25,27). The number of amides is 1. The molecular formula is C24H28N2O3S. The summed E-state index contributed by atoms with van der Waals surface area (Å²) in [6, 6.07) is 13.9. The summed E-state index contributed by atoms with van der Waals surface area (Å²) in [7, 11) is 1.63. The Morgan fingerprint density at radius 3 is 2.87 bits per heavy atom. The van der Waals surface area contributed by atoms with Gasteiger partial charge < -0.3 is 19.4 Å². The molecule has 2 aromatic heterocycles. The maximum atomic E-state index is 13.0. The minimum atomic E-state index is -0.162. The van der Waals surface area contributed by atoms with E-state index in [1.807, 2.05) is 41.7 Å². The Morgan fingerprint density at radius 1 is 1.23 bits per heavy atom. The fraction of sp³-hybridized carbons (Fsp3) is 0.375. The average Bonchev–Trinajstić information content (AvgIpc) is 3.46.